The molecule has 0 aliphatic carbocycles. The Bertz CT molecular complexity index is 905. The summed E-state index contributed by atoms with van der Waals surface area (Å²) in [6.45, 7) is 6.30. The van der Waals surface area contributed by atoms with Crippen molar-refractivity contribution in [1.82, 2.24) is 19.3 Å². The molecule has 0 radical (unpaired) electrons. The highest BCUT2D eigenvalue weighted by molar-refractivity contribution is 5.58. The van der Waals surface area contributed by atoms with Crippen LogP contribution in [0.2, 0.25) is 0 Å². The fourth-order valence-corrected chi connectivity index (χ4v) is 2.91. The van der Waals surface area contributed by atoms with Crippen LogP contribution in [0.3, 0.4) is 0 Å². The Morgan fingerprint density at radius 1 is 1.33 bits per heavy atom. The summed E-state index contributed by atoms with van der Waals surface area (Å²) < 4.78 is 48.4. The summed E-state index contributed by atoms with van der Waals surface area (Å²) in [6.07, 6.45) is -3.56. The van der Waals surface area contributed by atoms with Crippen LogP contribution in [0.4, 0.5) is 13.2 Å². The molecule has 27 heavy (non-hydrogen) atoms. The van der Waals surface area contributed by atoms with E-state index in [1.165, 1.54) is 10.8 Å². The van der Waals surface area contributed by atoms with E-state index < -0.39 is 29.1 Å². The second-order valence-corrected chi connectivity index (χ2v) is 7.59. The number of alkyl halides is 3. The minimum Gasteiger partial charge on any atom is -0.475 e. The maximum absolute atomic E-state index is 13.3. The summed E-state index contributed by atoms with van der Waals surface area (Å²) in [4.78, 5) is 3.86. The van der Waals surface area contributed by atoms with Gasteiger partial charge in [-0.1, -0.05) is 0 Å². The third-order valence-corrected chi connectivity index (χ3v) is 4.57. The van der Waals surface area contributed by atoms with Gasteiger partial charge in [-0.3, -0.25) is 4.68 Å². The van der Waals surface area contributed by atoms with E-state index in [1.807, 2.05) is 0 Å². The molecule has 0 saturated heterocycles. The van der Waals surface area contributed by atoms with Crippen molar-refractivity contribution in [3.05, 3.63) is 18.1 Å². The van der Waals surface area contributed by atoms with E-state index in [4.69, 9.17) is 10.00 Å². The smallest absolute Gasteiger partial charge is 0.424 e. The molecule has 7 nitrogen and oxygen atoms in total. The largest absolute Gasteiger partial charge is 0.475 e. The molecule has 3 heterocycles. The standard InChI is InChI=1S/C17H20F3N5O2/c1-10-7-24-11(5-13(23-24)27-9-15(2,3)8-21)12-6-22-14(25(10)12)16(4,26)17(18,19)20/h5-6,10,26H,7,9H2,1-4H3/t10-,16?/m0/s1. The molecule has 0 saturated carbocycles. The first-order valence-electron chi connectivity index (χ1n) is 8.36. The Labute approximate surface area is 154 Å². The normalized spacial score (nSPS) is 19.0. The monoisotopic (exact) mass is 383 g/mol. The highest BCUT2D eigenvalue weighted by Gasteiger charge is 2.55. The number of hydrogen-bond donors (Lipinski definition) is 1. The molecule has 0 spiro atoms. The molecule has 146 valence electrons. The van der Waals surface area contributed by atoms with Crippen LogP contribution in [0.15, 0.2) is 12.3 Å². The van der Waals surface area contributed by atoms with E-state index >= 15 is 0 Å². The van der Waals surface area contributed by atoms with Gasteiger partial charge in [0.2, 0.25) is 11.5 Å². The molecule has 0 aromatic carbocycles. The quantitative estimate of drug-likeness (QED) is 0.877. The molecular weight excluding hydrogens is 363 g/mol. The first-order chi connectivity index (χ1) is 12.4. The topological polar surface area (TPSA) is 88.9 Å². The second-order valence-electron chi connectivity index (χ2n) is 7.59. The molecule has 0 bridgehead atoms. The number of halogens is 3. The maximum Gasteiger partial charge on any atom is 0.424 e. The molecule has 3 rings (SSSR count). The summed E-state index contributed by atoms with van der Waals surface area (Å²) in [7, 11) is 0. The van der Waals surface area contributed by atoms with Crippen molar-refractivity contribution < 1.29 is 23.0 Å². The van der Waals surface area contributed by atoms with Gasteiger partial charge >= 0.3 is 6.18 Å². The Morgan fingerprint density at radius 3 is 2.59 bits per heavy atom. The number of aromatic nitrogens is 4. The van der Waals surface area contributed by atoms with Crippen LogP contribution in [0.25, 0.3) is 11.4 Å². The molecule has 0 amide bonds. The van der Waals surface area contributed by atoms with Gasteiger partial charge in [0, 0.05) is 6.07 Å². The zero-order valence-electron chi connectivity index (χ0n) is 15.4. The van der Waals surface area contributed by atoms with Crippen molar-refractivity contribution >= 4 is 0 Å². The lowest BCUT2D eigenvalue weighted by atomic mass is 9.98. The number of fused-ring (bicyclic) bond motifs is 3. The predicted octanol–water partition coefficient (Wildman–Crippen LogP) is 3.02. The van der Waals surface area contributed by atoms with Crippen molar-refractivity contribution in [2.75, 3.05) is 6.61 Å². The van der Waals surface area contributed by atoms with E-state index in [1.54, 1.807) is 31.5 Å². The number of nitrogens with zero attached hydrogens (tertiary/aromatic N) is 5. The van der Waals surface area contributed by atoms with Crippen molar-refractivity contribution in [2.24, 2.45) is 5.41 Å². The second kappa shape index (κ2) is 5.99. The van der Waals surface area contributed by atoms with Gasteiger partial charge in [-0.05, 0) is 27.7 Å². The van der Waals surface area contributed by atoms with Gasteiger partial charge in [-0.15, -0.1) is 5.10 Å². The highest BCUT2D eigenvalue weighted by Crippen LogP contribution is 2.42. The molecule has 10 heteroatoms. The Hall–Kier alpha value is -2.54. The van der Waals surface area contributed by atoms with Gasteiger partial charge in [-0.25, -0.2) is 4.98 Å². The lowest BCUT2D eigenvalue weighted by Gasteiger charge is -2.31. The summed E-state index contributed by atoms with van der Waals surface area (Å²) in [5.74, 6) is -0.183. The Balaban J connectivity index is 1.99. The average molecular weight is 383 g/mol. The van der Waals surface area contributed by atoms with Crippen LogP contribution < -0.4 is 4.74 Å². The maximum atomic E-state index is 13.3. The number of rotatable bonds is 4. The van der Waals surface area contributed by atoms with Crippen LogP contribution in [0.1, 0.15) is 39.6 Å². The number of nitriles is 1. The third-order valence-electron chi connectivity index (χ3n) is 4.57. The molecule has 1 unspecified atom stereocenters. The van der Waals surface area contributed by atoms with Crippen LogP contribution in [-0.2, 0) is 12.1 Å². The van der Waals surface area contributed by atoms with E-state index in [-0.39, 0.29) is 12.5 Å². The molecule has 2 aromatic rings. The lowest BCUT2D eigenvalue weighted by molar-refractivity contribution is -0.262. The van der Waals surface area contributed by atoms with Gasteiger partial charge in [-0.2, -0.15) is 18.4 Å². The molecule has 1 aliphatic heterocycles. The van der Waals surface area contributed by atoms with Crippen molar-refractivity contribution in [3.8, 4) is 23.3 Å². The number of hydrogen-bond acceptors (Lipinski definition) is 5. The van der Waals surface area contributed by atoms with Crippen molar-refractivity contribution in [2.45, 2.75) is 52.1 Å². The molecule has 2 atom stereocenters. The number of ether oxygens (including phenoxy) is 1. The minimum atomic E-state index is -4.86. The van der Waals surface area contributed by atoms with E-state index in [9.17, 15) is 18.3 Å². The fourth-order valence-electron chi connectivity index (χ4n) is 2.91. The van der Waals surface area contributed by atoms with Crippen LogP contribution >= 0.6 is 0 Å². The van der Waals surface area contributed by atoms with Gasteiger partial charge in [0.1, 0.15) is 6.61 Å². The summed E-state index contributed by atoms with van der Waals surface area (Å²) in [6, 6.07) is 3.32. The van der Waals surface area contributed by atoms with Crippen molar-refractivity contribution in [1.29, 1.82) is 5.26 Å². The van der Waals surface area contributed by atoms with E-state index in [0.717, 1.165) is 0 Å². The first kappa shape index (κ1) is 19.2. The van der Waals surface area contributed by atoms with Crippen LogP contribution in [0.5, 0.6) is 5.88 Å². The van der Waals surface area contributed by atoms with Gasteiger partial charge in [0.15, 0.2) is 5.82 Å². The van der Waals surface area contributed by atoms with Gasteiger partial charge in [0.05, 0.1) is 41.7 Å². The average Bonchev–Trinajstić information content (AvgIpc) is 3.16. The number of aliphatic hydroxyl groups is 1. The molecular formula is C17H20F3N5O2. The Kier molecular flexibility index (Phi) is 4.26. The van der Waals surface area contributed by atoms with Crippen LogP contribution in [-0.4, -0.2) is 37.2 Å². The molecule has 1 aliphatic rings. The van der Waals surface area contributed by atoms with Crippen molar-refractivity contribution in [3.63, 3.8) is 0 Å². The first-order valence-corrected chi connectivity index (χ1v) is 8.36. The third kappa shape index (κ3) is 3.16. The Morgan fingerprint density at radius 2 is 2.00 bits per heavy atom. The van der Waals surface area contributed by atoms with Gasteiger partial charge in [0.25, 0.3) is 0 Å². The molecule has 2 aromatic heterocycles. The number of imidazole rings is 1. The minimum absolute atomic E-state index is 0.128. The van der Waals surface area contributed by atoms with Crippen LogP contribution in [0, 0.1) is 16.7 Å². The van der Waals surface area contributed by atoms with Gasteiger partial charge < -0.3 is 14.4 Å². The summed E-state index contributed by atoms with van der Waals surface area (Å²) >= 11 is 0. The highest BCUT2D eigenvalue weighted by atomic mass is 19.4. The molecule has 1 N–H and O–H groups in total. The lowest BCUT2D eigenvalue weighted by Crippen LogP contribution is -2.42. The van der Waals surface area contributed by atoms with E-state index in [2.05, 4.69) is 16.2 Å². The summed E-state index contributed by atoms with van der Waals surface area (Å²) in [5, 5.41) is 23.4. The predicted molar refractivity (Wildman–Crippen MR) is 88.7 cm³/mol. The summed E-state index contributed by atoms with van der Waals surface area (Å²) in [5.41, 5.74) is -2.82. The van der Waals surface area contributed by atoms with E-state index in [0.29, 0.717) is 24.9 Å². The zero-order valence-corrected chi connectivity index (χ0v) is 15.4. The zero-order chi connectivity index (χ0) is 20.2. The SMILES string of the molecule is C[C@H]1Cn2nc(OCC(C)(C)C#N)cc2-c2cnc(C(C)(O)C(F)(F)F)n21. The fraction of sp³-hybridized carbons (Fsp3) is 0.588. The molecule has 0 fully saturated rings.